The van der Waals surface area contributed by atoms with Crippen LogP contribution in [0, 0.1) is 0 Å². The van der Waals surface area contributed by atoms with Gasteiger partial charge in [0, 0.05) is 16.6 Å². The molecule has 0 aliphatic heterocycles. The molecule has 3 aromatic rings. The zero-order valence-corrected chi connectivity index (χ0v) is 15.7. The van der Waals surface area contributed by atoms with Crippen molar-refractivity contribution in [2.45, 2.75) is 32.7 Å². The number of aromatic nitrogens is 4. The summed E-state index contributed by atoms with van der Waals surface area (Å²) in [4.78, 5) is 19.5. The van der Waals surface area contributed by atoms with Gasteiger partial charge in [-0.1, -0.05) is 23.2 Å². The van der Waals surface area contributed by atoms with Gasteiger partial charge in [-0.3, -0.25) is 9.78 Å². The minimum Gasteiger partial charge on any atom is -0.355 e. The Balaban J connectivity index is 1.81. The summed E-state index contributed by atoms with van der Waals surface area (Å²) in [5.74, 6) is 0.414. The van der Waals surface area contributed by atoms with Gasteiger partial charge in [-0.25, -0.2) is 4.68 Å². The number of rotatable bonds is 4. The first-order valence-electron chi connectivity index (χ1n) is 7.91. The third kappa shape index (κ3) is 3.96. The number of hydrogen-bond donors (Lipinski definition) is 2. The molecule has 6 nitrogen and oxygen atoms in total. The van der Waals surface area contributed by atoms with Crippen molar-refractivity contribution in [1.29, 1.82) is 0 Å². The van der Waals surface area contributed by atoms with Crippen LogP contribution < -0.4 is 10.9 Å². The fourth-order valence-corrected chi connectivity index (χ4v) is 3.14. The molecule has 0 fully saturated rings. The first-order chi connectivity index (χ1) is 11.7. The van der Waals surface area contributed by atoms with Crippen LogP contribution in [-0.4, -0.2) is 26.3 Å². The van der Waals surface area contributed by atoms with E-state index in [1.54, 1.807) is 16.9 Å². The summed E-state index contributed by atoms with van der Waals surface area (Å²) >= 11 is 12.0. The summed E-state index contributed by atoms with van der Waals surface area (Å²) in [6.45, 7) is 6.61. The van der Waals surface area contributed by atoms with Gasteiger partial charge in [0.2, 0.25) is 5.95 Å². The van der Waals surface area contributed by atoms with Crippen molar-refractivity contribution in [3.63, 3.8) is 0 Å². The van der Waals surface area contributed by atoms with E-state index in [0.29, 0.717) is 40.0 Å². The maximum atomic E-state index is 12.2. The zero-order chi connectivity index (χ0) is 18.2. The smallest absolute Gasteiger partial charge is 0.263 e. The average molecular weight is 380 g/mol. The van der Waals surface area contributed by atoms with Gasteiger partial charge in [-0.15, -0.1) is 0 Å². The van der Waals surface area contributed by atoms with Gasteiger partial charge in [0.05, 0.1) is 11.7 Å². The number of nitrogens with one attached hydrogen (secondary N) is 2. The Kier molecular flexibility index (Phi) is 4.75. The van der Waals surface area contributed by atoms with Crippen LogP contribution in [0.2, 0.25) is 10.0 Å². The Morgan fingerprint density at radius 3 is 2.52 bits per heavy atom. The Bertz CT molecular complexity index is 951. The molecule has 0 amide bonds. The van der Waals surface area contributed by atoms with Gasteiger partial charge < -0.3 is 5.32 Å². The van der Waals surface area contributed by atoms with Crippen LogP contribution in [0.3, 0.4) is 0 Å². The SMILES string of the molecule is CC(C)(C)n1ncc2c(=O)[nH]c(NCCc3cc(Cl)cc(Cl)c3)nc21. The lowest BCUT2D eigenvalue weighted by Crippen LogP contribution is -2.24. The third-order valence-electron chi connectivity index (χ3n) is 3.70. The summed E-state index contributed by atoms with van der Waals surface area (Å²) in [6.07, 6.45) is 2.24. The Morgan fingerprint density at radius 2 is 1.88 bits per heavy atom. The highest BCUT2D eigenvalue weighted by Gasteiger charge is 2.19. The molecule has 0 bridgehead atoms. The molecule has 1 aromatic carbocycles. The highest BCUT2D eigenvalue weighted by molar-refractivity contribution is 6.34. The van der Waals surface area contributed by atoms with Crippen molar-refractivity contribution < 1.29 is 0 Å². The summed E-state index contributed by atoms with van der Waals surface area (Å²) in [6, 6.07) is 5.42. The number of anilines is 1. The predicted octanol–water partition coefficient (Wildman–Crippen LogP) is 3.84. The molecule has 2 N–H and O–H groups in total. The average Bonchev–Trinajstić information content (AvgIpc) is 2.90. The molecule has 0 aliphatic rings. The number of hydrogen-bond acceptors (Lipinski definition) is 4. The van der Waals surface area contributed by atoms with Gasteiger partial charge in [0.1, 0.15) is 5.39 Å². The molecular formula is C17H19Cl2N5O. The summed E-state index contributed by atoms with van der Waals surface area (Å²) in [7, 11) is 0. The lowest BCUT2D eigenvalue weighted by molar-refractivity contribution is 0.366. The number of nitrogens with zero attached hydrogens (tertiary/aromatic N) is 3. The minimum atomic E-state index is -0.267. The second-order valence-corrected chi connectivity index (χ2v) is 7.71. The van der Waals surface area contributed by atoms with E-state index >= 15 is 0 Å². The molecule has 0 saturated heterocycles. The highest BCUT2D eigenvalue weighted by atomic mass is 35.5. The van der Waals surface area contributed by atoms with Crippen molar-refractivity contribution in [1.82, 2.24) is 19.7 Å². The fraction of sp³-hybridized carbons (Fsp3) is 0.353. The first-order valence-corrected chi connectivity index (χ1v) is 8.67. The second-order valence-electron chi connectivity index (χ2n) is 6.83. The van der Waals surface area contributed by atoms with E-state index in [4.69, 9.17) is 23.2 Å². The number of H-pyrrole nitrogens is 1. The van der Waals surface area contributed by atoms with Gasteiger partial charge in [-0.05, 0) is 51.0 Å². The van der Waals surface area contributed by atoms with Crippen LogP contribution in [0.15, 0.2) is 29.2 Å². The third-order valence-corrected chi connectivity index (χ3v) is 4.14. The predicted molar refractivity (Wildman–Crippen MR) is 102 cm³/mol. The lowest BCUT2D eigenvalue weighted by atomic mass is 10.1. The van der Waals surface area contributed by atoms with Crippen molar-refractivity contribution >= 4 is 40.2 Å². The van der Waals surface area contributed by atoms with E-state index < -0.39 is 0 Å². The van der Waals surface area contributed by atoms with Crippen molar-refractivity contribution in [3.05, 3.63) is 50.4 Å². The van der Waals surface area contributed by atoms with E-state index in [0.717, 1.165) is 5.56 Å². The molecule has 2 heterocycles. The van der Waals surface area contributed by atoms with E-state index in [1.807, 2.05) is 32.9 Å². The van der Waals surface area contributed by atoms with Gasteiger partial charge >= 0.3 is 0 Å². The largest absolute Gasteiger partial charge is 0.355 e. The summed E-state index contributed by atoms with van der Waals surface area (Å²) in [5.41, 5.74) is 1.09. The summed E-state index contributed by atoms with van der Waals surface area (Å²) in [5, 5.41) is 9.11. The maximum Gasteiger partial charge on any atom is 0.263 e. The maximum absolute atomic E-state index is 12.2. The summed E-state index contributed by atoms with van der Waals surface area (Å²) < 4.78 is 1.75. The normalized spacial score (nSPS) is 11.9. The molecule has 0 atom stereocenters. The second kappa shape index (κ2) is 6.69. The minimum absolute atomic E-state index is 0.214. The molecule has 3 rings (SSSR count). The number of halogens is 2. The molecule has 25 heavy (non-hydrogen) atoms. The fourth-order valence-electron chi connectivity index (χ4n) is 2.57. The first kappa shape index (κ1) is 17.8. The van der Waals surface area contributed by atoms with Crippen LogP contribution >= 0.6 is 23.2 Å². The Hall–Kier alpha value is -2.05. The Morgan fingerprint density at radius 1 is 1.20 bits per heavy atom. The number of benzene rings is 1. The molecular weight excluding hydrogens is 361 g/mol. The van der Waals surface area contributed by atoms with Crippen molar-refractivity contribution in [3.8, 4) is 0 Å². The molecule has 0 unspecified atom stereocenters. The van der Waals surface area contributed by atoms with Gasteiger partial charge in [0.15, 0.2) is 5.65 Å². The lowest BCUT2D eigenvalue weighted by Gasteiger charge is -2.19. The van der Waals surface area contributed by atoms with Crippen molar-refractivity contribution in [2.24, 2.45) is 0 Å². The molecule has 0 aliphatic carbocycles. The molecule has 0 spiro atoms. The van der Waals surface area contributed by atoms with Gasteiger partial charge in [0.25, 0.3) is 5.56 Å². The number of fused-ring (bicyclic) bond motifs is 1. The van der Waals surface area contributed by atoms with Crippen molar-refractivity contribution in [2.75, 3.05) is 11.9 Å². The molecule has 132 valence electrons. The van der Waals surface area contributed by atoms with Crippen LogP contribution in [0.25, 0.3) is 11.0 Å². The van der Waals surface area contributed by atoms with E-state index in [1.165, 1.54) is 0 Å². The standard InChI is InChI=1S/C17H19Cl2N5O/c1-17(2,3)24-14-13(9-21-24)15(25)23-16(22-14)20-5-4-10-6-11(18)8-12(19)7-10/h6-9H,4-5H2,1-3H3,(H2,20,22,23,25). The topological polar surface area (TPSA) is 75.6 Å². The molecule has 8 heteroatoms. The molecule has 2 aromatic heterocycles. The monoisotopic (exact) mass is 379 g/mol. The van der Waals surface area contributed by atoms with E-state index in [-0.39, 0.29) is 11.1 Å². The molecule has 0 saturated carbocycles. The van der Waals surface area contributed by atoms with Crippen LogP contribution in [-0.2, 0) is 12.0 Å². The highest BCUT2D eigenvalue weighted by Crippen LogP contribution is 2.20. The number of aromatic amines is 1. The zero-order valence-electron chi connectivity index (χ0n) is 14.2. The molecule has 0 radical (unpaired) electrons. The van der Waals surface area contributed by atoms with Crippen LogP contribution in [0.4, 0.5) is 5.95 Å². The van der Waals surface area contributed by atoms with Crippen LogP contribution in [0.1, 0.15) is 26.3 Å². The van der Waals surface area contributed by atoms with E-state index in [2.05, 4.69) is 20.4 Å². The quantitative estimate of drug-likeness (QED) is 0.721. The Labute approximate surface area is 155 Å². The van der Waals surface area contributed by atoms with Gasteiger partial charge in [-0.2, -0.15) is 10.1 Å². The van der Waals surface area contributed by atoms with Crippen LogP contribution in [0.5, 0.6) is 0 Å². The van der Waals surface area contributed by atoms with E-state index in [9.17, 15) is 4.79 Å².